The summed E-state index contributed by atoms with van der Waals surface area (Å²) < 4.78 is 0. The zero-order valence-electron chi connectivity index (χ0n) is 11.0. The van der Waals surface area contributed by atoms with Gasteiger partial charge in [-0.2, -0.15) is 0 Å². The van der Waals surface area contributed by atoms with Crippen molar-refractivity contribution >= 4 is 29.0 Å². The molecule has 0 spiro atoms. The average Bonchev–Trinajstić information content (AvgIpc) is 2.82. The van der Waals surface area contributed by atoms with E-state index in [1.54, 1.807) is 0 Å². The van der Waals surface area contributed by atoms with Gasteiger partial charge in [-0.05, 0) is 19.3 Å². The van der Waals surface area contributed by atoms with Gasteiger partial charge >= 0.3 is 0 Å². The summed E-state index contributed by atoms with van der Waals surface area (Å²) in [5.41, 5.74) is 5.14. The van der Waals surface area contributed by atoms with Crippen molar-refractivity contribution in [2.24, 2.45) is 11.1 Å². The van der Waals surface area contributed by atoms with E-state index in [1.165, 1.54) is 0 Å². The van der Waals surface area contributed by atoms with Crippen molar-refractivity contribution in [3.8, 4) is 0 Å². The number of hydrogen-bond acceptors (Lipinski definition) is 3. The third-order valence-corrected chi connectivity index (χ3v) is 4.60. The Morgan fingerprint density at radius 1 is 1.42 bits per heavy atom. The predicted octanol–water partition coefficient (Wildman–Crippen LogP) is 0.618. The normalized spacial score (nSPS) is 25.7. The number of rotatable bonds is 4. The largest absolute Gasteiger partial charge is 0.392 e. The van der Waals surface area contributed by atoms with Crippen LogP contribution in [-0.2, 0) is 9.59 Å². The highest BCUT2D eigenvalue weighted by atomic mass is 32.1. The molecule has 1 saturated heterocycles. The molecule has 4 N–H and O–H groups in total. The maximum Gasteiger partial charge on any atom is 0.233 e. The fourth-order valence-electron chi connectivity index (χ4n) is 2.96. The predicted molar refractivity (Wildman–Crippen MR) is 76.5 cm³/mol. The van der Waals surface area contributed by atoms with Crippen molar-refractivity contribution < 1.29 is 9.59 Å². The highest BCUT2D eigenvalue weighted by Gasteiger charge is 2.42. The first kappa shape index (κ1) is 14.2. The summed E-state index contributed by atoms with van der Waals surface area (Å²) in [6, 6.07) is 0.0448. The van der Waals surface area contributed by atoms with Gasteiger partial charge in [0.15, 0.2) is 0 Å². The van der Waals surface area contributed by atoms with Gasteiger partial charge in [-0.1, -0.05) is 31.5 Å². The van der Waals surface area contributed by atoms with Crippen LogP contribution in [0.1, 0.15) is 44.9 Å². The summed E-state index contributed by atoms with van der Waals surface area (Å²) in [5, 5.41) is 5.75. The van der Waals surface area contributed by atoms with Crippen LogP contribution in [0, 0.1) is 5.41 Å². The van der Waals surface area contributed by atoms with Crippen LogP contribution in [0.5, 0.6) is 0 Å². The summed E-state index contributed by atoms with van der Waals surface area (Å²) in [6.45, 7) is 0.467. The Morgan fingerprint density at radius 2 is 2.11 bits per heavy atom. The fourth-order valence-corrected chi connectivity index (χ4v) is 3.25. The van der Waals surface area contributed by atoms with Gasteiger partial charge in [-0.3, -0.25) is 9.59 Å². The Labute approximate surface area is 118 Å². The van der Waals surface area contributed by atoms with Crippen molar-refractivity contribution in [3.05, 3.63) is 0 Å². The molecule has 0 aromatic carbocycles. The first-order valence-electron chi connectivity index (χ1n) is 6.92. The maximum absolute atomic E-state index is 12.4. The van der Waals surface area contributed by atoms with Gasteiger partial charge in [0.25, 0.3) is 0 Å². The van der Waals surface area contributed by atoms with Gasteiger partial charge in [-0.25, -0.2) is 0 Å². The molecule has 6 heteroatoms. The zero-order chi connectivity index (χ0) is 13.9. The van der Waals surface area contributed by atoms with E-state index in [4.69, 9.17) is 18.0 Å². The fraction of sp³-hybridized carbons (Fsp3) is 0.769. The van der Waals surface area contributed by atoms with Crippen LogP contribution in [0.4, 0.5) is 0 Å². The van der Waals surface area contributed by atoms with Crippen LogP contribution in [0.15, 0.2) is 0 Å². The molecule has 0 radical (unpaired) electrons. The van der Waals surface area contributed by atoms with Crippen LogP contribution in [0.3, 0.4) is 0 Å². The van der Waals surface area contributed by atoms with Crippen LogP contribution < -0.4 is 16.4 Å². The second-order valence-corrected chi connectivity index (χ2v) is 5.96. The lowest BCUT2D eigenvalue weighted by molar-refractivity contribution is -0.129. The Morgan fingerprint density at radius 3 is 2.63 bits per heavy atom. The van der Waals surface area contributed by atoms with Gasteiger partial charge in [0.1, 0.15) is 0 Å². The lowest BCUT2D eigenvalue weighted by Crippen LogP contribution is -2.52. The summed E-state index contributed by atoms with van der Waals surface area (Å²) in [4.78, 5) is 23.8. The minimum absolute atomic E-state index is 0.0448. The monoisotopic (exact) mass is 283 g/mol. The van der Waals surface area contributed by atoms with Crippen LogP contribution in [0.2, 0.25) is 0 Å². The minimum atomic E-state index is -0.670. The number of carbonyl (C=O) groups is 2. The average molecular weight is 283 g/mol. The summed E-state index contributed by atoms with van der Waals surface area (Å²) >= 11 is 5.12. The smallest absolute Gasteiger partial charge is 0.233 e. The van der Waals surface area contributed by atoms with Crippen LogP contribution >= 0.6 is 12.2 Å². The zero-order valence-corrected chi connectivity index (χ0v) is 11.9. The highest BCUT2D eigenvalue weighted by molar-refractivity contribution is 7.80. The van der Waals surface area contributed by atoms with Crippen LogP contribution in [0.25, 0.3) is 0 Å². The molecule has 106 valence electrons. The summed E-state index contributed by atoms with van der Waals surface area (Å²) in [7, 11) is 0. The molecule has 2 aliphatic rings. The molecule has 0 aromatic heterocycles. The third kappa shape index (κ3) is 3.05. The Balaban J connectivity index is 1.92. The molecule has 2 fully saturated rings. The molecule has 1 saturated carbocycles. The number of hydrogen-bond donors (Lipinski definition) is 3. The van der Waals surface area contributed by atoms with Gasteiger partial charge < -0.3 is 16.4 Å². The van der Waals surface area contributed by atoms with E-state index < -0.39 is 5.41 Å². The highest BCUT2D eigenvalue weighted by Crippen LogP contribution is 2.36. The van der Waals surface area contributed by atoms with E-state index in [1.807, 2.05) is 0 Å². The summed E-state index contributed by atoms with van der Waals surface area (Å²) in [6.07, 6.45) is 5.92. The lowest BCUT2D eigenvalue weighted by Gasteiger charge is -2.35. The molecule has 2 rings (SSSR count). The molecular formula is C13H21N3O2S. The topological polar surface area (TPSA) is 84.2 Å². The van der Waals surface area contributed by atoms with Crippen molar-refractivity contribution in [3.63, 3.8) is 0 Å². The first-order valence-corrected chi connectivity index (χ1v) is 7.33. The van der Waals surface area contributed by atoms with Gasteiger partial charge in [0.2, 0.25) is 11.8 Å². The summed E-state index contributed by atoms with van der Waals surface area (Å²) in [5.74, 6) is -0.0122. The van der Waals surface area contributed by atoms with Gasteiger partial charge in [0, 0.05) is 19.0 Å². The van der Waals surface area contributed by atoms with Gasteiger partial charge in [0.05, 0.1) is 10.4 Å². The van der Waals surface area contributed by atoms with E-state index >= 15 is 0 Å². The Kier molecular flexibility index (Phi) is 4.39. The van der Waals surface area contributed by atoms with E-state index in [9.17, 15) is 9.59 Å². The number of amides is 2. The van der Waals surface area contributed by atoms with Crippen molar-refractivity contribution in [1.82, 2.24) is 10.6 Å². The number of nitrogens with two attached hydrogens (primary N) is 1. The lowest BCUT2D eigenvalue weighted by atomic mass is 9.73. The van der Waals surface area contributed by atoms with E-state index in [0.29, 0.717) is 18.0 Å². The van der Waals surface area contributed by atoms with Crippen LogP contribution in [-0.4, -0.2) is 29.4 Å². The molecule has 19 heavy (non-hydrogen) atoms. The molecule has 0 bridgehead atoms. The van der Waals surface area contributed by atoms with E-state index in [-0.39, 0.29) is 17.9 Å². The quantitative estimate of drug-likeness (QED) is 0.660. The number of thiocarbonyl (C=S) groups is 1. The SMILES string of the molecule is NC(=S)C1(C(=O)NCC2CCC(=O)N2)CCCCC1. The molecule has 1 aliphatic carbocycles. The second kappa shape index (κ2) is 5.86. The van der Waals surface area contributed by atoms with Crippen molar-refractivity contribution in [1.29, 1.82) is 0 Å². The molecule has 5 nitrogen and oxygen atoms in total. The van der Waals surface area contributed by atoms with Crippen molar-refractivity contribution in [2.75, 3.05) is 6.54 Å². The molecular weight excluding hydrogens is 262 g/mol. The standard InChI is InChI=1S/C13H21N3O2S/c14-11(19)13(6-2-1-3-7-13)12(18)15-8-9-4-5-10(17)16-9/h9H,1-8H2,(H2,14,19)(H,15,18)(H,16,17). The van der Waals surface area contributed by atoms with E-state index in [0.717, 1.165) is 38.5 Å². The Hall–Kier alpha value is -1.17. The van der Waals surface area contributed by atoms with Crippen molar-refractivity contribution in [2.45, 2.75) is 51.0 Å². The molecule has 1 atom stereocenters. The molecule has 1 aliphatic heterocycles. The van der Waals surface area contributed by atoms with Gasteiger partial charge in [-0.15, -0.1) is 0 Å². The minimum Gasteiger partial charge on any atom is -0.392 e. The number of nitrogens with one attached hydrogen (secondary N) is 2. The third-order valence-electron chi connectivity index (χ3n) is 4.21. The molecule has 2 amide bonds. The molecule has 0 aromatic rings. The molecule has 1 unspecified atom stereocenters. The van der Waals surface area contributed by atoms with E-state index in [2.05, 4.69) is 10.6 Å². The number of carbonyl (C=O) groups excluding carboxylic acids is 2. The second-order valence-electron chi connectivity index (χ2n) is 5.52. The first-order chi connectivity index (χ1) is 9.04. The maximum atomic E-state index is 12.4. The Bertz CT molecular complexity index is 391. The molecule has 1 heterocycles.